The van der Waals surface area contributed by atoms with Crippen molar-refractivity contribution in [2.75, 3.05) is 13.1 Å². The Hall–Kier alpha value is -2.51. The standard InChI is InChI=1S/C23H27N3O3S/c1-16(2)18-10-12-20(13-11-18)30(27,28)26-14-6-8-19(15-26)23-24-22(25-29-23)21-9-5-4-7-17(21)3/h4-5,7,9-13,16,19H,6,8,14-15H2,1-3H3/t19-/m1/s1. The summed E-state index contributed by atoms with van der Waals surface area (Å²) in [6.07, 6.45) is 1.59. The molecule has 0 unspecified atom stereocenters. The highest BCUT2D eigenvalue weighted by atomic mass is 32.2. The number of sulfonamides is 1. The van der Waals surface area contributed by atoms with Gasteiger partial charge in [0.15, 0.2) is 0 Å². The average molecular weight is 426 g/mol. The molecular formula is C23H27N3O3S. The van der Waals surface area contributed by atoms with Gasteiger partial charge in [-0.3, -0.25) is 0 Å². The number of benzene rings is 2. The monoisotopic (exact) mass is 425 g/mol. The third-order valence-electron chi connectivity index (χ3n) is 5.75. The van der Waals surface area contributed by atoms with E-state index in [-0.39, 0.29) is 5.92 Å². The molecule has 2 aromatic carbocycles. The van der Waals surface area contributed by atoms with Gasteiger partial charge in [0.1, 0.15) is 0 Å². The number of piperidine rings is 1. The van der Waals surface area contributed by atoms with Gasteiger partial charge in [0.2, 0.25) is 21.7 Å². The van der Waals surface area contributed by atoms with Crippen LogP contribution in [0.1, 0.15) is 55.5 Å². The molecule has 1 fully saturated rings. The van der Waals surface area contributed by atoms with Crippen LogP contribution in [0, 0.1) is 6.92 Å². The fourth-order valence-corrected chi connectivity index (χ4v) is 5.39. The van der Waals surface area contributed by atoms with Gasteiger partial charge in [0.05, 0.1) is 10.8 Å². The van der Waals surface area contributed by atoms with E-state index in [1.807, 2.05) is 43.3 Å². The Balaban J connectivity index is 1.54. The summed E-state index contributed by atoms with van der Waals surface area (Å²) < 4.78 is 33.4. The SMILES string of the molecule is Cc1ccccc1-c1noc([C@@H]2CCCN(S(=O)(=O)c3ccc(C(C)C)cc3)C2)n1. The van der Waals surface area contributed by atoms with Gasteiger partial charge in [-0.05, 0) is 48.9 Å². The van der Waals surface area contributed by atoms with Gasteiger partial charge < -0.3 is 4.52 Å². The van der Waals surface area contributed by atoms with Crippen molar-refractivity contribution in [1.29, 1.82) is 0 Å². The van der Waals surface area contributed by atoms with Crippen molar-refractivity contribution in [2.24, 2.45) is 0 Å². The van der Waals surface area contributed by atoms with Crippen molar-refractivity contribution in [3.8, 4) is 11.4 Å². The number of nitrogens with zero attached hydrogens (tertiary/aromatic N) is 3. The number of hydrogen-bond donors (Lipinski definition) is 0. The lowest BCUT2D eigenvalue weighted by molar-refractivity contribution is 0.265. The van der Waals surface area contributed by atoms with Gasteiger partial charge in [0, 0.05) is 18.7 Å². The van der Waals surface area contributed by atoms with Crippen LogP contribution in [-0.2, 0) is 10.0 Å². The minimum Gasteiger partial charge on any atom is -0.339 e. The molecule has 0 radical (unpaired) electrons. The molecule has 1 aromatic heterocycles. The molecule has 1 atom stereocenters. The second-order valence-electron chi connectivity index (χ2n) is 8.20. The maximum atomic E-state index is 13.2. The number of hydrogen-bond acceptors (Lipinski definition) is 5. The molecule has 6 nitrogen and oxygen atoms in total. The van der Waals surface area contributed by atoms with Gasteiger partial charge in [-0.25, -0.2) is 8.42 Å². The molecule has 0 saturated carbocycles. The van der Waals surface area contributed by atoms with E-state index < -0.39 is 10.0 Å². The molecule has 4 rings (SSSR count). The van der Waals surface area contributed by atoms with Crippen molar-refractivity contribution in [2.45, 2.75) is 50.3 Å². The lowest BCUT2D eigenvalue weighted by Crippen LogP contribution is -2.39. The molecule has 0 bridgehead atoms. The van der Waals surface area contributed by atoms with Crippen LogP contribution in [0.2, 0.25) is 0 Å². The average Bonchev–Trinajstić information content (AvgIpc) is 3.24. The van der Waals surface area contributed by atoms with E-state index in [1.54, 1.807) is 16.4 Å². The lowest BCUT2D eigenvalue weighted by atomic mass is 10.00. The van der Waals surface area contributed by atoms with E-state index in [0.717, 1.165) is 29.5 Å². The van der Waals surface area contributed by atoms with E-state index in [2.05, 4.69) is 24.0 Å². The topological polar surface area (TPSA) is 76.3 Å². The van der Waals surface area contributed by atoms with Crippen LogP contribution in [-0.4, -0.2) is 36.0 Å². The second kappa shape index (κ2) is 8.32. The van der Waals surface area contributed by atoms with Gasteiger partial charge in [-0.1, -0.05) is 55.4 Å². The van der Waals surface area contributed by atoms with Crippen molar-refractivity contribution in [1.82, 2.24) is 14.4 Å². The molecule has 1 aliphatic rings. The first-order valence-corrected chi connectivity index (χ1v) is 11.8. The fraction of sp³-hybridized carbons (Fsp3) is 0.391. The molecule has 0 N–H and O–H groups in total. The summed E-state index contributed by atoms with van der Waals surface area (Å²) >= 11 is 0. The Morgan fingerprint density at radius 2 is 1.83 bits per heavy atom. The van der Waals surface area contributed by atoms with Crippen LogP contribution < -0.4 is 0 Å². The molecule has 30 heavy (non-hydrogen) atoms. The molecule has 3 aromatic rings. The van der Waals surface area contributed by atoms with Gasteiger partial charge in [-0.15, -0.1) is 0 Å². The summed E-state index contributed by atoms with van der Waals surface area (Å²) in [6, 6.07) is 15.1. The Kier molecular flexibility index (Phi) is 5.75. The predicted octanol–water partition coefficient (Wildman–Crippen LogP) is 4.74. The Bertz CT molecular complexity index is 1120. The summed E-state index contributed by atoms with van der Waals surface area (Å²) in [5.74, 6) is 1.31. The van der Waals surface area contributed by atoms with Crippen molar-refractivity contribution >= 4 is 10.0 Å². The number of aromatic nitrogens is 2. The quantitative estimate of drug-likeness (QED) is 0.590. The molecule has 0 amide bonds. The molecule has 1 saturated heterocycles. The Morgan fingerprint density at radius 1 is 1.10 bits per heavy atom. The molecular weight excluding hydrogens is 398 g/mol. The highest BCUT2D eigenvalue weighted by molar-refractivity contribution is 7.89. The summed E-state index contributed by atoms with van der Waals surface area (Å²) in [6.45, 7) is 7.04. The van der Waals surface area contributed by atoms with Crippen molar-refractivity contribution in [3.05, 3.63) is 65.5 Å². The third-order valence-corrected chi connectivity index (χ3v) is 7.62. The lowest BCUT2D eigenvalue weighted by Gasteiger charge is -2.30. The summed E-state index contributed by atoms with van der Waals surface area (Å²) in [5, 5.41) is 4.14. The van der Waals surface area contributed by atoms with Crippen LogP contribution in [0.4, 0.5) is 0 Å². The summed E-state index contributed by atoms with van der Waals surface area (Å²) in [4.78, 5) is 4.92. The van der Waals surface area contributed by atoms with Crippen LogP contribution in [0.25, 0.3) is 11.4 Å². The molecule has 0 spiro atoms. The number of rotatable bonds is 5. The minimum absolute atomic E-state index is 0.103. The first-order chi connectivity index (χ1) is 14.4. The predicted molar refractivity (Wildman–Crippen MR) is 116 cm³/mol. The fourth-order valence-electron chi connectivity index (χ4n) is 3.87. The second-order valence-corrected chi connectivity index (χ2v) is 10.1. The molecule has 0 aliphatic carbocycles. The van der Waals surface area contributed by atoms with E-state index in [4.69, 9.17) is 4.52 Å². The Labute approximate surface area is 178 Å². The van der Waals surface area contributed by atoms with Crippen LogP contribution in [0.3, 0.4) is 0 Å². The minimum atomic E-state index is -3.55. The third kappa shape index (κ3) is 4.04. The van der Waals surface area contributed by atoms with Crippen LogP contribution in [0.15, 0.2) is 57.9 Å². The largest absolute Gasteiger partial charge is 0.339 e. The number of aryl methyl sites for hydroxylation is 1. The smallest absolute Gasteiger partial charge is 0.243 e. The zero-order valence-electron chi connectivity index (χ0n) is 17.6. The molecule has 7 heteroatoms. The van der Waals surface area contributed by atoms with Crippen molar-refractivity contribution < 1.29 is 12.9 Å². The van der Waals surface area contributed by atoms with E-state index in [9.17, 15) is 8.42 Å². The van der Waals surface area contributed by atoms with E-state index >= 15 is 0 Å². The van der Waals surface area contributed by atoms with Crippen LogP contribution >= 0.6 is 0 Å². The summed E-state index contributed by atoms with van der Waals surface area (Å²) in [7, 11) is -3.55. The zero-order valence-corrected chi connectivity index (χ0v) is 18.4. The highest BCUT2D eigenvalue weighted by Crippen LogP contribution is 2.31. The summed E-state index contributed by atoms with van der Waals surface area (Å²) in [5.41, 5.74) is 3.13. The maximum absolute atomic E-state index is 13.2. The molecule has 158 valence electrons. The Morgan fingerprint density at radius 3 is 2.53 bits per heavy atom. The van der Waals surface area contributed by atoms with Gasteiger partial charge >= 0.3 is 0 Å². The highest BCUT2D eigenvalue weighted by Gasteiger charge is 2.33. The van der Waals surface area contributed by atoms with E-state index in [1.165, 1.54) is 0 Å². The van der Waals surface area contributed by atoms with Gasteiger partial charge in [0.25, 0.3) is 0 Å². The normalized spacial score (nSPS) is 18.1. The van der Waals surface area contributed by atoms with Gasteiger partial charge in [-0.2, -0.15) is 9.29 Å². The zero-order chi connectivity index (χ0) is 21.3. The first kappa shape index (κ1) is 20.8. The molecule has 2 heterocycles. The van der Waals surface area contributed by atoms with E-state index in [0.29, 0.717) is 35.6 Å². The van der Waals surface area contributed by atoms with Crippen molar-refractivity contribution in [3.63, 3.8) is 0 Å². The molecule has 1 aliphatic heterocycles. The van der Waals surface area contributed by atoms with Crippen LogP contribution in [0.5, 0.6) is 0 Å². The maximum Gasteiger partial charge on any atom is 0.243 e. The first-order valence-electron chi connectivity index (χ1n) is 10.4.